The molecule has 0 saturated carbocycles. The van der Waals surface area contributed by atoms with Gasteiger partial charge in [0.2, 0.25) is 0 Å². The molecular formula is C15H13ClF2. The fourth-order valence-electron chi connectivity index (χ4n) is 1.89. The number of alkyl halides is 1. The average Bonchev–Trinajstić information content (AvgIpc) is 2.33. The lowest BCUT2D eigenvalue weighted by molar-refractivity contribution is 0.580. The van der Waals surface area contributed by atoms with Crippen molar-refractivity contribution in [2.45, 2.75) is 19.2 Å². The molecule has 0 aromatic heterocycles. The molecule has 0 nitrogen and oxygen atoms in total. The van der Waals surface area contributed by atoms with Crippen molar-refractivity contribution in [1.29, 1.82) is 0 Å². The van der Waals surface area contributed by atoms with Crippen LogP contribution in [0.1, 0.15) is 27.6 Å². The van der Waals surface area contributed by atoms with Gasteiger partial charge in [-0.1, -0.05) is 24.3 Å². The van der Waals surface area contributed by atoms with E-state index in [1.54, 1.807) is 0 Å². The molecule has 2 aromatic rings. The van der Waals surface area contributed by atoms with E-state index in [4.69, 9.17) is 11.6 Å². The molecule has 0 aliphatic carbocycles. The molecule has 3 heteroatoms. The fraction of sp³-hybridized carbons (Fsp3) is 0.200. The van der Waals surface area contributed by atoms with Gasteiger partial charge in [0.05, 0.1) is 5.38 Å². The second-order valence-electron chi connectivity index (χ2n) is 4.34. The van der Waals surface area contributed by atoms with Crippen molar-refractivity contribution < 1.29 is 8.78 Å². The zero-order chi connectivity index (χ0) is 13.3. The van der Waals surface area contributed by atoms with Crippen molar-refractivity contribution in [1.82, 2.24) is 0 Å². The number of aryl methyl sites for hydroxylation is 2. The molecule has 0 amide bonds. The summed E-state index contributed by atoms with van der Waals surface area (Å²) in [5.74, 6) is -0.914. The minimum atomic E-state index is -0.679. The van der Waals surface area contributed by atoms with Crippen LogP contribution in [0.5, 0.6) is 0 Å². The summed E-state index contributed by atoms with van der Waals surface area (Å²) in [5.41, 5.74) is 2.21. The minimum Gasteiger partial charge on any atom is -0.207 e. The van der Waals surface area contributed by atoms with Gasteiger partial charge in [0.1, 0.15) is 11.6 Å². The molecular weight excluding hydrogens is 254 g/mol. The molecule has 0 heterocycles. The Bertz CT molecular complexity index is 579. The van der Waals surface area contributed by atoms with Crippen LogP contribution in [-0.2, 0) is 0 Å². The van der Waals surface area contributed by atoms with Gasteiger partial charge in [0.25, 0.3) is 0 Å². The molecule has 2 aromatic carbocycles. The monoisotopic (exact) mass is 266 g/mol. The first-order valence-corrected chi connectivity index (χ1v) is 6.09. The second kappa shape index (κ2) is 5.07. The number of halogens is 3. The van der Waals surface area contributed by atoms with Gasteiger partial charge < -0.3 is 0 Å². The lowest BCUT2D eigenvalue weighted by Gasteiger charge is -2.14. The molecule has 0 aliphatic heterocycles. The van der Waals surface area contributed by atoms with Crippen molar-refractivity contribution in [3.8, 4) is 0 Å². The molecule has 0 saturated heterocycles. The smallest absolute Gasteiger partial charge is 0.128 e. The van der Waals surface area contributed by atoms with E-state index in [1.165, 1.54) is 19.1 Å². The van der Waals surface area contributed by atoms with Crippen molar-refractivity contribution in [3.05, 3.63) is 70.3 Å². The SMILES string of the molecule is Cc1cc(F)c(C(Cl)c2ccccc2C)cc1F. The molecule has 2 rings (SSSR count). The third-order valence-electron chi connectivity index (χ3n) is 3.01. The predicted octanol–water partition coefficient (Wildman–Crippen LogP) is 4.91. The second-order valence-corrected chi connectivity index (χ2v) is 4.78. The highest BCUT2D eigenvalue weighted by atomic mass is 35.5. The first-order chi connectivity index (χ1) is 8.50. The van der Waals surface area contributed by atoms with E-state index in [0.29, 0.717) is 0 Å². The number of benzene rings is 2. The standard InChI is InChI=1S/C15H13ClF2/c1-9-5-3-4-6-11(9)15(16)12-8-13(17)10(2)7-14(12)18/h3-8,15H,1-2H3. The summed E-state index contributed by atoms with van der Waals surface area (Å²) in [6, 6.07) is 9.79. The van der Waals surface area contributed by atoms with Crippen LogP contribution in [0.4, 0.5) is 8.78 Å². The summed E-state index contributed by atoms with van der Waals surface area (Å²) in [4.78, 5) is 0. The van der Waals surface area contributed by atoms with Gasteiger partial charge in [0.15, 0.2) is 0 Å². The van der Waals surface area contributed by atoms with Gasteiger partial charge in [-0.15, -0.1) is 11.6 Å². The lowest BCUT2D eigenvalue weighted by atomic mass is 9.98. The van der Waals surface area contributed by atoms with Gasteiger partial charge in [-0.3, -0.25) is 0 Å². The normalized spacial score (nSPS) is 12.5. The van der Waals surface area contributed by atoms with Crippen LogP contribution in [0.15, 0.2) is 36.4 Å². The van der Waals surface area contributed by atoms with Crippen molar-refractivity contribution in [2.24, 2.45) is 0 Å². The predicted molar refractivity (Wildman–Crippen MR) is 70.0 cm³/mol. The largest absolute Gasteiger partial charge is 0.207 e. The van der Waals surface area contributed by atoms with E-state index in [-0.39, 0.29) is 11.1 Å². The zero-order valence-electron chi connectivity index (χ0n) is 10.2. The van der Waals surface area contributed by atoms with Crippen molar-refractivity contribution in [2.75, 3.05) is 0 Å². The van der Waals surface area contributed by atoms with E-state index < -0.39 is 17.0 Å². The molecule has 0 radical (unpaired) electrons. The Hall–Kier alpha value is -1.41. The Morgan fingerprint density at radius 2 is 1.56 bits per heavy atom. The lowest BCUT2D eigenvalue weighted by Crippen LogP contribution is -2.01. The van der Waals surface area contributed by atoms with Gasteiger partial charge >= 0.3 is 0 Å². The van der Waals surface area contributed by atoms with E-state index >= 15 is 0 Å². The maximum absolute atomic E-state index is 13.8. The van der Waals surface area contributed by atoms with Crippen LogP contribution in [0.2, 0.25) is 0 Å². The summed E-state index contributed by atoms with van der Waals surface area (Å²) in [5, 5.41) is -0.679. The number of hydrogen-bond acceptors (Lipinski definition) is 0. The molecule has 18 heavy (non-hydrogen) atoms. The number of hydrogen-bond donors (Lipinski definition) is 0. The topological polar surface area (TPSA) is 0 Å². The van der Waals surface area contributed by atoms with E-state index in [0.717, 1.165) is 11.1 Å². The minimum absolute atomic E-state index is 0.175. The van der Waals surface area contributed by atoms with E-state index in [9.17, 15) is 8.78 Å². The van der Waals surface area contributed by atoms with Gasteiger partial charge in [-0.25, -0.2) is 8.78 Å². The first kappa shape index (κ1) is 13.0. The van der Waals surface area contributed by atoms with Gasteiger partial charge in [0, 0.05) is 5.56 Å². The molecule has 0 aliphatic rings. The maximum Gasteiger partial charge on any atom is 0.128 e. The third kappa shape index (κ3) is 2.39. The molecule has 0 bridgehead atoms. The Morgan fingerprint density at radius 3 is 2.22 bits per heavy atom. The van der Waals surface area contributed by atoms with E-state index in [1.807, 2.05) is 31.2 Å². The van der Waals surface area contributed by atoms with Crippen molar-refractivity contribution >= 4 is 11.6 Å². The summed E-state index contributed by atoms with van der Waals surface area (Å²) in [6.45, 7) is 3.42. The van der Waals surface area contributed by atoms with E-state index in [2.05, 4.69) is 0 Å². The Labute approximate surface area is 110 Å². The molecule has 0 spiro atoms. The van der Waals surface area contributed by atoms with Crippen LogP contribution >= 0.6 is 11.6 Å². The summed E-state index contributed by atoms with van der Waals surface area (Å²) >= 11 is 6.26. The highest BCUT2D eigenvalue weighted by Crippen LogP contribution is 2.33. The summed E-state index contributed by atoms with van der Waals surface area (Å²) in [7, 11) is 0. The van der Waals surface area contributed by atoms with Crippen LogP contribution in [0.25, 0.3) is 0 Å². The first-order valence-electron chi connectivity index (χ1n) is 5.66. The average molecular weight is 267 g/mol. The molecule has 94 valence electrons. The Kier molecular flexibility index (Phi) is 3.67. The van der Waals surface area contributed by atoms with Gasteiger partial charge in [-0.05, 0) is 42.7 Å². The molecule has 0 N–H and O–H groups in total. The highest BCUT2D eigenvalue weighted by molar-refractivity contribution is 6.22. The Morgan fingerprint density at radius 1 is 0.889 bits per heavy atom. The molecule has 1 atom stereocenters. The number of rotatable bonds is 2. The summed E-state index contributed by atoms with van der Waals surface area (Å²) < 4.78 is 27.4. The van der Waals surface area contributed by atoms with Crippen molar-refractivity contribution in [3.63, 3.8) is 0 Å². The maximum atomic E-state index is 13.8. The fourth-order valence-corrected chi connectivity index (χ4v) is 2.31. The highest BCUT2D eigenvalue weighted by Gasteiger charge is 2.18. The van der Waals surface area contributed by atoms with Gasteiger partial charge in [-0.2, -0.15) is 0 Å². The van der Waals surface area contributed by atoms with Crippen LogP contribution in [0.3, 0.4) is 0 Å². The van der Waals surface area contributed by atoms with Crippen LogP contribution in [-0.4, -0.2) is 0 Å². The zero-order valence-corrected chi connectivity index (χ0v) is 10.9. The molecule has 1 unspecified atom stereocenters. The molecule has 0 fully saturated rings. The quantitative estimate of drug-likeness (QED) is 0.678. The summed E-state index contributed by atoms with van der Waals surface area (Å²) in [6.07, 6.45) is 0. The Balaban J connectivity index is 2.50. The third-order valence-corrected chi connectivity index (χ3v) is 3.48. The van der Waals surface area contributed by atoms with Crippen LogP contribution in [0, 0.1) is 25.5 Å². The van der Waals surface area contributed by atoms with Crippen LogP contribution < -0.4 is 0 Å².